The average Bonchev–Trinajstić information content (AvgIpc) is 2.26. The van der Waals surface area contributed by atoms with Gasteiger partial charge in [0.2, 0.25) is 0 Å². The second kappa shape index (κ2) is 3.89. The third-order valence-corrected chi connectivity index (χ3v) is 1.88. The zero-order chi connectivity index (χ0) is 9.80. The molecule has 1 aromatic carbocycles. The lowest BCUT2D eigenvalue weighted by atomic mass is 10.2. The van der Waals surface area contributed by atoms with Crippen molar-refractivity contribution in [3.8, 4) is 11.8 Å². The van der Waals surface area contributed by atoms with E-state index in [1.807, 2.05) is 25.1 Å². The molecule has 0 fully saturated rings. The minimum absolute atomic E-state index is 0.874. The van der Waals surface area contributed by atoms with Gasteiger partial charge in [0.25, 0.3) is 0 Å². The van der Waals surface area contributed by atoms with Gasteiger partial charge in [0, 0.05) is 24.4 Å². The van der Waals surface area contributed by atoms with Gasteiger partial charge in [-0.3, -0.25) is 9.97 Å². The molecular formula is C12H10N2. The molecule has 1 heterocycles. The van der Waals surface area contributed by atoms with Crippen LogP contribution in [0.5, 0.6) is 0 Å². The molecular weight excluding hydrogens is 172 g/mol. The molecule has 2 rings (SSSR count). The van der Waals surface area contributed by atoms with E-state index < -0.39 is 0 Å². The van der Waals surface area contributed by atoms with E-state index in [0.29, 0.717) is 0 Å². The van der Waals surface area contributed by atoms with Gasteiger partial charge >= 0.3 is 0 Å². The molecule has 0 saturated heterocycles. The lowest BCUT2D eigenvalue weighted by Gasteiger charge is -1.95. The van der Waals surface area contributed by atoms with E-state index >= 15 is 0 Å². The maximum atomic E-state index is 4.22. The predicted molar refractivity (Wildman–Crippen MR) is 56.7 cm³/mol. The third-order valence-electron chi connectivity index (χ3n) is 1.88. The number of rotatable bonds is 0. The van der Waals surface area contributed by atoms with Crippen LogP contribution in [0, 0.1) is 11.8 Å². The van der Waals surface area contributed by atoms with Gasteiger partial charge in [0.05, 0.1) is 11.0 Å². The van der Waals surface area contributed by atoms with Crippen LogP contribution in [0.15, 0.2) is 30.6 Å². The first-order chi connectivity index (χ1) is 6.90. The van der Waals surface area contributed by atoms with E-state index in [2.05, 4.69) is 21.8 Å². The second-order valence-corrected chi connectivity index (χ2v) is 2.92. The summed E-state index contributed by atoms with van der Waals surface area (Å²) in [5.41, 5.74) is 2.81. The van der Waals surface area contributed by atoms with Gasteiger partial charge < -0.3 is 0 Å². The molecule has 68 valence electrons. The van der Waals surface area contributed by atoms with Gasteiger partial charge in [0.1, 0.15) is 0 Å². The van der Waals surface area contributed by atoms with Gasteiger partial charge in [-0.15, -0.1) is 0 Å². The van der Waals surface area contributed by atoms with E-state index in [1.54, 1.807) is 12.4 Å². The van der Waals surface area contributed by atoms with Crippen LogP contribution in [0.2, 0.25) is 0 Å². The molecule has 0 radical (unpaired) electrons. The minimum Gasteiger partial charge on any atom is -0.253 e. The molecule has 0 atom stereocenters. The number of fused-ring (bicyclic) bond motifs is 1. The summed E-state index contributed by atoms with van der Waals surface area (Å²) < 4.78 is 0. The van der Waals surface area contributed by atoms with Crippen LogP contribution in [0.4, 0.5) is 0 Å². The molecule has 0 aliphatic carbocycles. The van der Waals surface area contributed by atoms with Crippen molar-refractivity contribution in [2.24, 2.45) is 0 Å². The van der Waals surface area contributed by atoms with E-state index in [1.165, 1.54) is 0 Å². The zero-order valence-corrected chi connectivity index (χ0v) is 7.99. The standard InChI is InChI=1S/C12H10N2/c1-2-3-4-10-5-6-11-12(9-10)14-8-7-13-11/h5-9H,2H2,1H3. The molecule has 14 heavy (non-hydrogen) atoms. The Bertz CT molecular complexity index is 506. The van der Waals surface area contributed by atoms with Gasteiger partial charge in [0.15, 0.2) is 0 Å². The van der Waals surface area contributed by atoms with Crippen LogP contribution in [0.3, 0.4) is 0 Å². The van der Waals surface area contributed by atoms with Crippen molar-refractivity contribution in [3.05, 3.63) is 36.2 Å². The third kappa shape index (κ3) is 1.72. The van der Waals surface area contributed by atoms with E-state index in [4.69, 9.17) is 0 Å². The molecule has 0 unspecified atom stereocenters. The fourth-order valence-corrected chi connectivity index (χ4v) is 1.23. The molecule has 0 aliphatic heterocycles. The fourth-order valence-electron chi connectivity index (χ4n) is 1.23. The van der Waals surface area contributed by atoms with Crippen molar-refractivity contribution >= 4 is 11.0 Å². The van der Waals surface area contributed by atoms with Crippen LogP contribution >= 0.6 is 0 Å². The van der Waals surface area contributed by atoms with E-state index in [9.17, 15) is 0 Å². The summed E-state index contributed by atoms with van der Waals surface area (Å²) in [5.74, 6) is 6.10. The van der Waals surface area contributed by atoms with E-state index in [-0.39, 0.29) is 0 Å². The Labute approximate surface area is 83.0 Å². The smallest absolute Gasteiger partial charge is 0.0899 e. The quantitative estimate of drug-likeness (QED) is 0.584. The largest absolute Gasteiger partial charge is 0.253 e. The van der Waals surface area contributed by atoms with Crippen LogP contribution in [-0.2, 0) is 0 Å². The normalized spacial score (nSPS) is 9.50. The Balaban J connectivity index is 2.51. The Morgan fingerprint density at radius 3 is 2.71 bits per heavy atom. The average molecular weight is 182 g/mol. The SMILES string of the molecule is CCC#Cc1ccc2nccnc2c1. The van der Waals surface area contributed by atoms with Crippen LogP contribution in [0.25, 0.3) is 11.0 Å². The van der Waals surface area contributed by atoms with Gasteiger partial charge in [-0.25, -0.2) is 0 Å². The summed E-state index contributed by atoms with van der Waals surface area (Å²) in [4.78, 5) is 8.41. The van der Waals surface area contributed by atoms with Crippen molar-refractivity contribution in [3.63, 3.8) is 0 Å². The molecule has 0 saturated carbocycles. The zero-order valence-electron chi connectivity index (χ0n) is 7.99. The number of benzene rings is 1. The van der Waals surface area contributed by atoms with Crippen molar-refractivity contribution in [2.45, 2.75) is 13.3 Å². The Kier molecular flexibility index (Phi) is 2.42. The molecule has 0 N–H and O–H groups in total. The van der Waals surface area contributed by atoms with Crippen molar-refractivity contribution < 1.29 is 0 Å². The lowest BCUT2D eigenvalue weighted by molar-refractivity contribution is 1.27. The maximum Gasteiger partial charge on any atom is 0.0899 e. The molecule has 2 aromatic rings. The highest BCUT2D eigenvalue weighted by Crippen LogP contribution is 2.09. The second-order valence-electron chi connectivity index (χ2n) is 2.92. The monoisotopic (exact) mass is 182 g/mol. The summed E-state index contributed by atoms with van der Waals surface area (Å²) in [6.45, 7) is 2.04. The summed E-state index contributed by atoms with van der Waals surface area (Å²) in [6, 6.07) is 5.88. The molecule has 0 amide bonds. The molecule has 1 aromatic heterocycles. The highest BCUT2D eigenvalue weighted by molar-refractivity contribution is 5.75. The Morgan fingerprint density at radius 1 is 1.14 bits per heavy atom. The number of hydrogen-bond donors (Lipinski definition) is 0. The molecule has 2 heteroatoms. The van der Waals surface area contributed by atoms with Crippen LogP contribution < -0.4 is 0 Å². The molecule has 0 aliphatic rings. The highest BCUT2D eigenvalue weighted by Gasteiger charge is 1.94. The first kappa shape index (κ1) is 8.71. The highest BCUT2D eigenvalue weighted by atomic mass is 14.8. The van der Waals surface area contributed by atoms with Crippen molar-refractivity contribution in [1.82, 2.24) is 9.97 Å². The predicted octanol–water partition coefficient (Wildman–Crippen LogP) is 2.39. The Hall–Kier alpha value is -1.88. The molecule has 0 bridgehead atoms. The fraction of sp³-hybridized carbons (Fsp3) is 0.167. The summed E-state index contributed by atoms with van der Waals surface area (Å²) in [6.07, 6.45) is 4.26. The van der Waals surface area contributed by atoms with Gasteiger partial charge in [-0.2, -0.15) is 0 Å². The first-order valence-electron chi connectivity index (χ1n) is 4.60. The van der Waals surface area contributed by atoms with Crippen molar-refractivity contribution in [1.29, 1.82) is 0 Å². The minimum atomic E-state index is 0.874. The van der Waals surface area contributed by atoms with Crippen LogP contribution in [-0.4, -0.2) is 9.97 Å². The first-order valence-corrected chi connectivity index (χ1v) is 4.60. The topological polar surface area (TPSA) is 25.8 Å². The molecule has 0 spiro atoms. The number of hydrogen-bond acceptors (Lipinski definition) is 2. The van der Waals surface area contributed by atoms with Gasteiger partial charge in [-0.1, -0.05) is 18.8 Å². The van der Waals surface area contributed by atoms with Crippen LogP contribution in [0.1, 0.15) is 18.9 Å². The lowest BCUT2D eigenvalue weighted by Crippen LogP contribution is -1.83. The molecule has 2 nitrogen and oxygen atoms in total. The maximum absolute atomic E-state index is 4.22. The Morgan fingerprint density at radius 2 is 1.93 bits per heavy atom. The van der Waals surface area contributed by atoms with Crippen molar-refractivity contribution in [2.75, 3.05) is 0 Å². The summed E-state index contributed by atoms with van der Waals surface area (Å²) in [5, 5.41) is 0. The van der Waals surface area contributed by atoms with E-state index in [0.717, 1.165) is 23.0 Å². The number of nitrogens with zero attached hydrogens (tertiary/aromatic N) is 2. The number of aromatic nitrogens is 2. The summed E-state index contributed by atoms with van der Waals surface area (Å²) >= 11 is 0. The van der Waals surface area contributed by atoms with Gasteiger partial charge in [-0.05, 0) is 18.2 Å². The summed E-state index contributed by atoms with van der Waals surface area (Å²) in [7, 11) is 0.